The standard InChI is InChI=1S/C9H12O3/c1-5-6-7(10)8(11)12-9(2,3)4/h1-4H3. The molecule has 0 fully saturated rings. The van der Waals surface area contributed by atoms with E-state index in [-0.39, 0.29) is 0 Å². The summed E-state index contributed by atoms with van der Waals surface area (Å²) in [6.45, 7) is 6.56. The van der Waals surface area contributed by atoms with E-state index >= 15 is 0 Å². The molecule has 0 aliphatic rings. The fourth-order valence-electron chi connectivity index (χ4n) is 0.489. The fraction of sp³-hybridized carbons (Fsp3) is 0.556. The van der Waals surface area contributed by atoms with Gasteiger partial charge in [-0.1, -0.05) is 5.92 Å². The van der Waals surface area contributed by atoms with Crippen molar-refractivity contribution in [3.8, 4) is 11.8 Å². The molecule has 0 N–H and O–H groups in total. The van der Waals surface area contributed by atoms with Crippen LogP contribution >= 0.6 is 0 Å². The van der Waals surface area contributed by atoms with Gasteiger partial charge >= 0.3 is 11.8 Å². The van der Waals surface area contributed by atoms with Crippen molar-refractivity contribution in [2.24, 2.45) is 0 Å². The van der Waals surface area contributed by atoms with Crippen LogP contribution < -0.4 is 0 Å². The second-order valence-corrected chi connectivity index (χ2v) is 3.21. The number of hydrogen-bond donors (Lipinski definition) is 0. The van der Waals surface area contributed by atoms with Gasteiger partial charge in [0, 0.05) is 0 Å². The summed E-state index contributed by atoms with van der Waals surface area (Å²) in [4.78, 5) is 21.6. The minimum atomic E-state index is -0.892. The van der Waals surface area contributed by atoms with Gasteiger partial charge in [0.1, 0.15) is 5.60 Å². The van der Waals surface area contributed by atoms with Crippen molar-refractivity contribution in [2.45, 2.75) is 33.3 Å². The van der Waals surface area contributed by atoms with Crippen LogP contribution in [-0.4, -0.2) is 17.4 Å². The lowest BCUT2D eigenvalue weighted by molar-refractivity contribution is -0.160. The highest BCUT2D eigenvalue weighted by Gasteiger charge is 2.20. The van der Waals surface area contributed by atoms with E-state index in [1.54, 1.807) is 20.8 Å². The van der Waals surface area contributed by atoms with Crippen molar-refractivity contribution >= 4 is 11.8 Å². The molecular weight excluding hydrogens is 156 g/mol. The molecule has 0 atom stereocenters. The number of carbonyl (C=O) groups excluding carboxylic acids is 2. The zero-order valence-corrected chi connectivity index (χ0v) is 7.72. The lowest BCUT2D eigenvalue weighted by atomic mass is 10.2. The Morgan fingerprint density at radius 1 is 1.25 bits per heavy atom. The lowest BCUT2D eigenvalue weighted by Gasteiger charge is -2.17. The Balaban J connectivity index is 4.21. The minimum Gasteiger partial charge on any atom is -0.453 e. The summed E-state index contributed by atoms with van der Waals surface area (Å²) in [7, 11) is 0. The van der Waals surface area contributed by atoms with E-state index in [1.165, 1.54) is 6.92 Å². The van der Waals surface area contributed by atoms with Crippen LogP contribution in [0.25, 0.3) is 0 Å². The Hall–Kier alpha value is -1.30. The van der Waals surface area contributed by atoms with Gasteiger partial charge in [0.2, 0.25) is 0 Å². The molecule has 0 aromatic heterocycles. The van der Waals surface area contributed by atoms with Crippen LogP contribution in [0.2, 0.25) is 0 Å². The van der Waals surface area contributed by atoms with Crippen LogP contribution in [0.4, 0.5) is 0 Å². The smallest absolute Gasteiger partial charge is 0.388 e. The summed E-state index contributed by atoms with van der Waals surface area (Å²) in [5.74, 6) is 2.75. The monoisotopic (exact) mass is 168 g/mol. The zero-order chi connectivity index (χ0) is 9.78. The molecular formula is C9H12O3. The SMILES string of the molecule is CC#CC(=O)C(=O)OC(C)(C)C. The molecule has 0 rings (SSSR count). The maximum Gasteiger partial charge on any atom is 0.388 e. The molecule has 0 aromatic rings. The largest absolute Gasteiger partial charge is 0.453 e. The third kappa shape index (κ3) is 4.51. The van der Waals surface area contributed by atoms with Crippen molar-refractivity contribution in [1.82, 2.24) is 0 Å². The van der Waals surface area contributed by atoms with Crippen molar-refractivity contribution in [1.29, 1.82) is 0 Å². The molecule has 12 heavy (non-hydrogen) atoms. The first-order chi connectivity index (χ1) is 5.37. The number of hydrogen-bond acceptors (Lipinski definition) is 3. The van der Waals surface area contributed by atoms with E-state index in [9.17, 15) is 9.59 Å². The Morgan fingerprint density at radius 3 is 2.08 bits per heavy atom. The number of ether oxygens (including phenoxy) is 1. The van der Waals surface area contributed by atoms with Crippen LogP contribution in [0.15, 0.2) is 0 Å². The quantitative estimate of drug-likeness (QED) is 0.253. The predicted molar refractivity (Wildman–Crippen MR) is 44.3 cm³/mol. The maximum absolute atomic E-state index is 10.9. The third-order valence-corrected chi connectivity index (χ3v) is 0.823. The normalized spacial score (nSPS) is 9.67. The number of Topliss-reactive ketones (excluding diaryl/α,β-unsaturated/α-hetero) is 1. The molecule has 0 saturated carbocycles. The molecule has 0 spiro atoms. The first-order valence-electron chi connectivity index (χ1n) is 3.57. The van der Waals surface area contributed by atoms with Gasteiger partial charge in [0.15, 0.2) is 0 Å². The van der Waals surface area contributed by atoms with Crippen molar-refractivity contribution in [2.75, 3.05) is 0 Å². The van der Waals surface area contributed by atoms with Crippen molar-refractivity contribution in [3.63, 3.8) is 0 Å². The summed E-state index contributed by atoms with van der Waals surface area (Å²) in [5.41, 5.74) is -0.637. The number of esters is 1. The van der Waals surface area contributed by atoms with Crippen LogP contribution in [0, 0.1) is 11.8 Å². The second-order valence-electron chi connectivity index (χ2n) is 3.21. The Bertz CT molecular complexity index is 247. The molecule has 0 aliphatic carbocycles. The molecule has 0 aromatic carbocycles. The Labute approximate surface area is 72.1 Å². The summed E-state index contributed by atoms with van der Waals surface area (Å²) >= 11 is 0. The number of rotatable bonds is 1. The van der Waals surface area contributed by atoms with Gasteiger partial charge < -0.3 is 4.74 Å². The first-order valence-corrected chi connectivity index (χ1v) is 3.57. The molecule has 0 unspecified atom stereocenters. The van der Waals surface area contributed by atoms with Crippen LogP contribution in [0.1, 0.15) is 27.7 Å². The molecule has 3 nitrogen and oxygen atoms in total. The first kappa shape index (κ1) is 10.7. The Morgan fingerprint density at radius 2 is 1.75 bits per heavy atom. The van der Waals surface area contributed by atoms with E-state index in [0.717, 1.165) is 0 Å². The molecule has 66 valence electrons. The van der Waals surface area contributed by atoms with Crippen LogP contribution in [0.3, 0.4) is 0 Å². The lowest BCUT2D eigenvalue weighted by Crippen LogP contribution is -2.28. The second kappa shape index (κ2) is 3.91. The average molecular weight is 168 g/mol. The average Bonchev–Trinajstić information content (AvgIpc) is 1.84. The summed E-state index contributed by atoms with van der Waals surface area (Å²) in [6, 6.07) is 0. The van der Waals surface area contributed by atoms with Gasteiger partial charge in [-0.2, -0.15) is 0 Å². The molecule has 0 heterocycles. The number of carbonyl (C=O) groups is 2. The molecule has 0 amide bonds. The van der Waals surface area contributed by atoms with E-state index in [4.69, 9.17) is 4.74 Å². The fourth-order valence-corrected chi connectivity index (χ4v) is 0.489. The number of ketones is 1. The third-order valence-electron chi connectivity index (χ3n) is 0.823. The van der Waals surface area contributed by atoms with Gasteiger partial charge in [0.25, 0.3) is 0 Å². The van der Waals surface area contributed by atoms with Gasteiger partial charge in [-0.25, -0.2) is 4.79 Å². The summed E-state index contributed by atoms with van der Waals surface area (Å²) < 4.78 is 4.76. The highest BCUT2D eigenvalue weighted by molar-refractivity contribution is 6.40. The highest BCUT2D eigenvalue weighted by atomic mass is 16.6. The van der Waals surface area contributed by atoms with Crippen LogP contribution in [-0.2, 0) is 14.3 Å². The van der Waals surface area contributed by atoms with Crippen molar-refractivity contribution in [3.05, 3.63) is 0 Å². The van der Waals surface area contributed by atoms with E-state index < -0.39 is 17.4 Å². The molecule has 3 heteroatoms. The van der Waals surface area contributed by atoms with Gasteiger partial charge in [-0.05, 0) is 33.6 Å². The van der Waals surface area contributed by atoms with Gasteiger partial charge in [0.05, 0.1) is 0 Å². The minimum absolute atomic E-state index is 0.637. The molecule has 0 bridgehead atoms. The van der Waals surface area contributed by atoms with E-state index in [0.29, 0.717) is 0 Å². The highest BCUT2D eigenvalue weighted by Crippen LogP contribution is 2.06. The molecule has 0 aliphatic heterocycles. The van der Waals surface area contributed by atoms with Crippen LogP contribution in [0.5, 0.6) is 0 Å². The van der Waals surface area contributed by atoms with Gasteiger partial charge in [-0.15, -0.1) is 0 Å². The maximum atomic E-state index is 10.9. The molecule has 0 saturated heterocycles. The topological polar surface area (TPSA) is 43.4 Å². The summed E-state index contributed by atoms with van der Waals surface area (Å²) in [6.07, 6.45) is 0. The van der Waals surface area contributed by atoms with Crippen molar-refractivity contribution < 1.29 is 14.3 Å². The van der Waals surface area contributed by atoms with E-state index in [1.807, 2.05) is 0 Å². The van der Waals surface area contributed by atoms with E-state index in [2.05, 4.69) is 11.8 Å². The molecule has 0 radical (unpaired) electrons. The zero-order valence-electron chi connectivity index (χ0n) is 7.72. The Kier molecular flexibility index (Phi) is 3.49. The van der Waals surface area contributed by atoms with Gasteiger partial charge in [-0.3, -0.25) is 4.79 Å². The summed E-state index contributed by atoms with van der Waals surface area (Å²) in [5, 5.41) is 0. The predicted octanol–water partition coefficient (Wildman–Crippen LogP) is 0.920.